The van der Waals surface area contributed by atoms with Crippen molar-refractivity contribution in [3.63, 3.8) is 0 Å². The molecule has 2 aromatic rings. The van der Waals surface area contributed by atoms with Crippen LogP contribution in [0.25, 0.3) is 0 Å². The van der Waals surface area contributed by atoms with Crippen LogP contribution in [-0.4, -0.2) is 38.4 Å². The number of methoxy groups -OCH3 is 1. The molecule has 0 spiro atoms. The molecule has 0 bridgehead atoms. The predicted octanol–water partition coefficient (Wildman–Crippen LogP) is 3.97. The smallest absolute Gasteiger partial charge is 0.240 e. The van der Waals surface area contributed by atoms with Crippen molar-refractivity contribution in [2.75, 3.05) is 25.6 Å². The lowest BCUT2D eigenvalue weighted by Crippen LogP contribution is -2.20. The molecule has 0 atom stereocenters. The van der Waals surface area contributed by atoms with Crippen molar-refractivity contribution in [3.8, 4) is 17.2 Å². The minimum absolute atomic E-state index is 0.0182. The number of hydrogen-bond acceptors (Lipinski definition) is 6. The first kappa shape index (κ1) is 24.4. The Hall–Kier alpha value is -2.82. The zero-order chi connectivity index (χ0) is 22.6. The number of carbonyl (C=O) groups is 2. The fourth-order valence-electron chi connectivity index (χ4n) is 2.59. The summed E-state index contributed by atoms with van der Waals surface area (Å²) in [6, 6.07) is 10.7. The molecule has 0 aromatic heterocycles. The van der Waals surface area contributed by atoms with Crippen LogP contribution in [0.5, 0.6) is 17.2 Å². The van der Waals surface area contributed by atoms with Crippen molar-refractivity contribution in [2.24, 2.45) is 5.10 Å². The van der Waals surface area contributed by atoms with Crippen molar-refractivity contribution in [3.05, 3.63) is 45.5 Å². The van der Waals surface area contributed by atoms with E-state index < -0.39 is 0 Å². The number of halogens is 1. The van der Waals surface area contributed by atoms with Gasteiger partial charge in [0.2, 0.25) is 11.8 Å². The van der Waals surface area contributed by atoms with E-state index in [4.69, 9.17) is 14.2 Å². The average molecular weight is 539 g/mol. The molecule has 9 heteroatoms. The molecule has 8 nitrogen and oxygen atoms in total. The number of anilines is 1. The van der Waals surface area contributed by atoms with E-state index in [0.29, 0.717) is 30.4 Å². The molecule has 166 valence electrons. The number of benzene rings is 2. The molecule has 0 aliphatic rings. The second kappa shape index (κ2) is 12.8. The van der Waals surface area contributed by atoms with Gasteiger partial charge in [-0.3, -0.25) is 9.59 Å². The molecule has 2 aromatic carbocycles. The molecular weight excluding hydrogens is 513 g/mol. The summed E-state index contributed by atoms with van der Waals surface area (Å²) in [5.41, 5.74) is 3.82. The zero-order valence-corrected chi connectivity index (χ0v) is 19.9. The standard InChI is InChI=1S/C22H26IN3O5/c1-4-30-17-8-6-16(7-9-17)25-20(27)10-11-21(28)26-24-14-15-12-18(23)22(31-5-2)19(13-15)29-3/h6-9,12-14H,4-5,10-11H2,1-3H3,(H,25,27)(H,26,28). The van der Waals surface area contributed by atoms with Crippen molar-refractivity contribution in [1.29, 1.82) is 0 Å². The van der Waals surface area contributed by atoms with Crippen molar-refractivity contribution in [1.82, 2.24) is 5.43 Å². The Balaban J connectivity index is 1.81. The molecule has 0 unspecified atom stereocenters. The highest BCUT2D eigenvalue weighted by Crippen LogP contribution is 2.33. The monoisotopic (exact) mass is 539 g/mol. The quantitative estimate of drug-likeness (QED) is 0.256. The molecule has 0 fully saturated rings. The number of hydrazone groups is 1. The fourth-order valence-corrected chi connectivity index (χ4v) is 3.37. The van der Waals surface area contributed by atoms with Crippen LogP contribution in [0.4, 0.5) is 5.69 Å². The molecule has 0 saturated carbocycles. The molecule has 2 N–H and O–H groups in total. The van der Waals surface area contributed by atoms with Crippen LogP contribution >= 0.6 is 22.6 Å². The lowest BCUT2D eigenvalue weighted by atomic mass is 10.2. The van der Waals surface area contributed by atoms with Gasteiger partial charge in [0.15, 0.2) is 11.5 Å². The number of hydrogen-bond donors (Lipinski definition) is 2. The number of amides is 2. The van der Waals surface area contributed by atoms with Crippen molar-refractivity contribution in [2.45, 2.75) is 26.7 Å². The Labute approximate surface area is 195 Å². The summed E-state index contributed by atoms with van der Waals surface area (Å²) in [4.78, 5) is 24.0. The van der Waals surface area contributed by atoms with Gasteiger partial charge in [0.1, 0.15) is 5.75 Å². The van der Waals surface area contributed by atoms with E-state index >= 15 is 0 Å². The summed E-state index contributed by atoms with van der Waals surface area (Å²) in [6.45, 7) is 4.91. The largest absolute Gasteiger partial charge is 0.494 e. The highest BCUT2D eigenvalue weighted by Gasteiger charge is 2.11. The highest BCUT2D eigenvalue weighted by molar-refractivity contribution is 14.1. The van der Waals surface area contributed by atoms with Crippen LogP contribution in [0, 0.1) is 3.57 Å². The topological polar surface area (TPSA) is 98.2 Å². The number of ether oxygens (including phenoxy) is 3. The minimum atomic E-state index is -0.356. The SMILES string of the molecule is CCOc1ccc(NC(=O)CCC(=O)NN=Cc2cc(I)c(OCC)c(OC)c2)cc1. The highest BCUT2D eigenvalue weighted by atomic mass is 127. The molecule has 0 aliphatic heterocycles. The molecule has 0 heterocycles. The van der Waals surface area contributed by atoms with E-state index in [2.05, 4.69) is 38.4 Å². The zero-order valence-electron chi connectivity index (χ0n) is 17.7. The number of nitrogens with zero attached hydrogens (tertiary/aromatic N) is 1. The van der Waals surface area contributed by atoms with Gasteiger partial charge in [-0.15, -0.1) is 0 Å². The molecule has 2 rings (SSSR count). The van der Waals surface area contributed by atoms with Gasteiger partial charge >= 0.3 is 0 Å². The van der Waals surface area contributed by atoms with Crippen LogP contribution in [0.15, 0.2) is 41.5 Å². The lowest BCUT2D eigenvalue weighted by molar-refractivity contribution is -0.124. The molecule has 31 heavy (non-hydrogen) atoms. The van der Waals surface area contributed by atoms with Crippen LogP contribution in [0.2, 0.25) is 0 Å². The first-order valence-corrected chi connectivity index (χ1v) is 10.9. The third-order valence-electron chi connectivity index (χ3n) is 3.97. The van der Waals surface area contributed by atoms with Crippen molar-refractivity contribution < 1.29 is 23.8 Å². The lowest BCUT2D eigenvalue weighted by Gasteiger charge is -2.12. The average Bonchev–Trinajstić information content (AvgIpc) is 2.75. The van der Waals surface area contributed by atoms with Gasteiger partial charge < -0.3 is 19.5 Å². The maximum atomic E-state index is 12.0. The third kappa shape index (κ3) is 8.08. The van der Waals surface area contributed by atoms with Gasteiger partial charge in [-0.2, -0.15) is 5.10 Å². The summed E-state index contributed by atoms with van der Waals surface area (Å²) >= 11 is 2.15. The first-order valence-electron chi connectivity index (χ1n) is 9.81. The maximum absolute atomic E-state index is 12.0. The van der Waals surface area contributed by atoms with Gasteiger partial charge in [-0.25, -0.2) is 5.43 Å². The van der Waals surface area contributed by atoms with Gasteiger partial charge in [-0.1, -0.05) is 0 Å². The molecular formula is C22H26IN3O5. The number of nitrogens with one attached hydrogen (secondary N) is 2. The van der Waals surface area contributed by atoms with Gasteiger partial charge in [-0.05, 0) is 78.4 Å². The van der Waals surface area contributed by atoms with Crippen LogP contribution < -0.4 is 25.0 Å². The minimum Gasteiger partial charge on any atom is -0.494 e. The second-order valence-electron chi connectivity index (χ2n) is 6.27. The van der Waals surface area contributed by atoms with E-state index in [1.165, 1.54) is 6.21 Å². The summed E-state index contributed by atoms with van der Waals surface area (Å²) < 4.78 is 17.2. The molecule has 0 aliphatic carbocycles. The summed E-state index contributed by atoms with van der Waals surface area (Å²) in [6.07, 6.45) is 1.58. The van der Waals surface area contributed by atoms with Gasteiger partial charge in [0.25, 0.3) is 0 Å². The summed E-state index contributed by atoms with van der Waals surface area (Å²) in [5.74, 6) is 1.38. The third-order valence-corrected chi connectivity index (χ3v) is 4.77. The predicted molar refractivity (Wildman–Crippen MR) is 128 cm³/mol. The van der Waals surface area contributed by atoms with E-state index in [9.17, 15) is 9.59 Å². The Kier molecular flexibility index (Phi) is 10.1. The van der Waals surface area contributed by atoms with Gasteiger partial charge in [0, 0.05) is 18.5 Å². The fraction of sp³-hybridized carbons (Fsp3) is 0.318. The van der Waals surface area contributed by atoms with Crippen LogP contribution in [0.3, 0.4) is 0 Å². The van der Waals surface area contributed by atoms with Crippen LogP contribution in [0.1, 0.15) is 32.3 Å². The molecule has 0 saturated heterocycles. The van der Waals surface area contributed by atoms with E-state index in [-0.39, 0.29) is 24.7 Å². The normalized spacial score (nSPS) is 10.6. The molecule has 0 radical (unpaired) electrons. The Morgan fingerprint density at radius 1 is 1.03 bits per heavy atom. The van der Waals surface area contributed by atoms with Crippen molar-refractivity contribution >= 4 is 46.3 Å². The first-order chi connectivity index (χ1) is 15.0. The Morgan fingerprint density at radius 3 is 2.35 bits per heavy atom. The Morgan fingerprint density at radius 2 is 1.71 bits per heavy atom. The van der Waals surface area contributed by atoms with E-state index in [1.54, 1.807) is 37.4 Å². The summed E-state index contributed by atoms with van der Waals surface area (Å²) in [5, 5.41) is 6.70. The second-order valence-corrected chi connectivity index (χ2v) is 7.43. The van der Waals surface area contributed by atoms with Gasteiger partial charge in [0.05, 0.1) is 30.1 Å². The summed E-state index contributed by atoms with van der Waals surface area (Å²) in [7, 11) is 1.56. The number of rotatable bonds is 11. The molecule has 2 amide bonds. The maximum Gasteiger partial charge on any atom is 0.240 e. The Bertz CT molecular complexity index is 916. The van der Waals surface area contributed by atoms with E-state index in [1.807, 2.05) is 19.9 Å². The number of carbonyl (C=O) groups excluding carboxylic acids is 2. The van der Waals surface area contributed by atoms with E-state index in [0.717, 1.165) is 14.9 Å². The van der Waals surface area contributed by atoms with Crippen LogP contribution in [-0.2, 0) is 9.59 Å².